The molecule has 4 heteroatoms. The average molecular weight is 260 g/mol. The number of aromatic nitrogens is 1. The van der Waals surface area contributed by atoms with E-state index in [1.54, 1.807) is 31.3 Å². The second-order valence-corrected chi connectivity index (χ2v) is 4.23. The van der Waals surface area contributed by atoms with Crippen molar-refractivity contribution in [1.82, 2.24) is 10.3 Å². The monoisotopic (exact) mass is 260 g/mol. The van der Waals surface area contributed by atoms with Gasteiger partial charge < -0.3 is 10.1 Å². The quantitative estimate of drug-likeness (QED) is 0.811. The third-order valence-electron chi connectivity index (χ3n) is 2.73. The van der Waals surface area contributed by atoms with Crippen LogP contribution in [0.2, 0.25) is 0 Å². The Hall–Kier alpha value is -1.94. The molecule has 1 aromatic heterocycles. The largest absolute Gasteiger partial charge is 0.489 e. The van der Waals surface area contributed by atoms with Crippen molar-refractivity contribution >= 4 is 0 Å². The third-order valence-corrected chi connectivity index (χ3v) is 2.73. The molecule has 2 rings (SSSR count). The minimum absolute atomic E-state index is 0.285. The van der Waals surface area contributed by atoms with Gasteiger partial charge >= 0.3 is 0 Å². The van der Waals surface area contributed by atoms with Gasteiger partial charge in [0.1, 0.15) is 6.61 Å². The molecule has 0 saturated heterocycles. The molecule has 2 aromatic rings. The lowest BCUT2D eigenvalue weighted by molar-refractivity contribution is 0.297. The van der Waals surface area contributed by atoms with E-state index in [4.69, 9.17) is 4.74 Å². The molecule has 1 N–H and O–H groups in total. The van der Waals surface area contributed by atoms with E-state index < -0.39 is 0 Å². The lowest BCUT2D eigenvalue weighted by Crippen LogP contribution is -2.21. The van der Waals surface area contributed by atoms with Crippen LogP contribution in [0.25, 0.3) is 0 Å². The molecule has 0 atom stereocenters. The molecule has 0 saturated carbocycles. The fourth-order valence-corrected chi connectivity index (χ4v) is 1.68. The first-order valence-corrected chi connectivity index (χ1v) is 6.26. The van der Waals surface area contributed by atoms with E-state index in [9.17, 15) is 4.39 Å². The number of hydrogen-bond acceptors (Lipinski definition) is 3. The molecule has 100 valence electrons. The van der Waals surface area contributed by atoms with Gasteiger partial charge in [0.05, 0.1) is 5.69 Å². The first-order valence-electron chi connectivity index (χ1n) is 6.26. The van der Waals surface area contributed by atoms with Crippen molar-refractivity contribution in [2.24, 2.45) is 0 Å². The van der Waals surface area contributed by atoms with E-state index in [1.165, 1.54) is 0 Å². The summed E-state index contributed by atoms with van der Waals surface area (Å²) in [5.74, 6) is 0.0202. The maximum absolute atomic E-state index is 13.6. The van der Waals surface area contributed by atoms with Crippen LogP contribution >= 0.6 is 0 Å². The molecule has 0 fully saturated rings. The van der Waals surface area contributed by atoms with Crippen molar-refractivity contribution in [3.05, 3.63) is 59.7 Å². The zero-order valence-electron chi connectivity index (χ0n) is 10.9. The third kappa shape index (κ3) is 4.03. The van der Waals surface area contributed by atoms with E-state index in [0.29, 0.717) is 31.0 Å². The van der Waals surface area contributed by atoms with Crippen molar-refractivity contribution < 1.29 is 9.13 Å². The lowest BCUT2D eigenvalue weighted by Gasteiger charge is -2.09. The Balaban J connectivity index is 1.71. The fourth-order valence-electron chi connectivity index (χ4n) is 1.68. The summed E-state index contributed by atoms with van der Waals surface area (Å²) in [6, 6.07) is 10.9. The van der Waals surface area contributed by atoms with Gasteiger partial charge in [-0.25, -0.2) is 4.39 Å². The van der Waals surface area contributed by atoms with Crippen LogP contribution < -0.4 is 10.1 Å². The Morgan fingerprint density at radius 1 is 1.21 bits per heavy atom. The summed E-state index contributed by atoms with van der Waals surface area (Å²) in [6.07, 6.45) is 1.76. The van der Waals surface area contributed by atoms with Gasteiger partial charge in [0, 0.05) is 19.3 Å². The Labute approximate surface area is 112 Å². The van der Waals surface area contributed by atoms with Crippen molar-refractivity contribution in [1.29, 1.82) is 0 Å². The normalized spacial score (nSPS) is 10.4. The first kappa shape index (κ1) is 13.5. The lowest BCUT2D eigenvalue weighted by atomic mass is 10.2. The molecular weight excluding hydrogens is 243 g/mol. The Morgan fingerprint density at radius 3 is 2.89 bits per heavy atom. The highest BCUT2D eigenvalue weighted by Gasteiger charge is 2.04. The molecule has 0 aliphatic carbocycles. The molecule has 1 heterocycles. The summed E-state index contributed by atoms with van der Waals surface area (Å²) in [7, 11) is 0. The fraction of sp³-hybridized carbons (Fsp3) is 0.267. The number of benzene rings is 1. The molecule has 19 heavy (non-hydrogen) atoms. The molecule has 0 amide bonds. The molecule has 0 aliphatic heterocycles. The minimum Gasteiger partial charge on any atom is -0.489 e. The Kier molecular flexibility index (Phi) is 4.86. The minimum atomic E-state index is -0.285. The second kappa shape index (κ2) is 6.85. The van der Waals surface area contributed by atoms with Crippen LogP contribution in [-0.4, -0.2) is 18.1 Å². The van der Waals surface area contributed by atoms with Crippen LogP contribution in [0, 0.1) is 12.7 Å². The Bertz CT molecular complexity index is 517. The smallest absolute Gasteiger partial charge is 0.167 e. The van der Waals surface area contributed by atoms with Crippen LogP contribution in [0.4, 0.5) is 4.39 Å². The molecule has 0 unspecified atom stereocenters. The molecule has 3 nitrogen and oxygen atoms in total. The highest BCUT2D eigenvalue weighted by atomic mass is 19.1. The van der Waals surface area contributed by atoms with E-state index in [1.807, 2.05) is 18.2 Å². The first-order chi connectivity index (χ1) is 9.27. The van der Waals surface area contributed by atoms with Gasteiger partial charge in [-0.3, -0.25) is 4.98 Å². The van der Waals surface area contributed by atoms with Gasteiger partial charge in [-0.15, -0.1) is 0 Å². The van der Waals surface area contributed by atoms with Gasteiger partial charge in [-0.2, -0.15) is 0 Å². The number of halogens is 1. The number of pyridine rings is 1. The van der Waals surface area contributed by atoms with E-state index >= 15 is 0 Å². The predicted octanol–water partition coefficient (Wildman–Crippen LogP) is 2.70. The SMILES string of the molecule is Cc1cccc(OCCNCc2ccccn2)c1F. The number of hydrogen-bond donors (Lipinski definition) is 1. The van der Waals surface area contributed by atoms with Gasteiger partial charge in [-0.05, 0) is 30.7 Å². The molecule has 0 radical (unpaired) electrons. The van der Waals surface area contributed by atoms with Crippen molar-refractivity contribution in [2.45, 2.75) is 13.5 Å². The summed E-state index contributed by atoms with van der Waals surface area (Å²) in [4.78, 5) is 4.20. The molecule has 0 spiro atoms. The van der Waals surface area contributed by atoms with Crippen LogP contribution in [0.15, 0.2) is 42.6 Å². The van der Waals surface area contributed by atoms with Crippen molar-refractivity contribution in [2.75, 3.05) is 13.2 Å². The summed E-state index contributed by atoms with van der Waals surface area (Å²) >= 11 is 0. The van der Waals surface area contributed by atoms with Crippen LogP contribution in [0.5, 0.6) is 5.75 Å². The van der Waals surface area contributed by atoms with Crippen molar-refractivity contribution in [3.63, 3.8) is 0 Å². The maximum Gasteiger partial charge on any atom is 0.167 e. The summed E-state index contributed by atoms with van der Waals surface area (Å²) < 4.78 is 19.0. The number of nitrogens with zero attached hydrogens (tertiary/aromatic N) is 1. The molecule has 0 aliphatic rings. The van der Waals surface area contributed by atoms with Crippen LogP contribution in [0.3, 0.4) is 0 Å². The second-order valence-electron chi connectivity index (χ2n) is 4.23. The number of aryl methyl sites for hydroxylation is 1. The highest BCUT2D eigenvalue weighted by Crippen LogP contribution is 2.19. The highest BCUT2D eigenvalue weighted by molar-refractivity contribution is 5.30. The molecular formula is C15H17FN2O. The zero-order valence-corrected chi connectivity index (χ0v) is 10.9. The van der Waals surface area contributed by atoms with Crippen LogP contribution in [0.1, 0.15) is 11.3 Å². The average Bonchev–Trinajstić information content (AvgIpc) is 2.44. The zero-order chi connectivity index (χ0) is 13.5. The van der Waals surface area contributed by atoms with E-state index in [-0.39, 0.29) is 5.82 Å². The maximum atomic E-state index is 13.6. The van der Waals surface area contributed by atoms with Crippen molar-refractivity contribution in [3.8, 4) is 5.75 Å². The van der Waals surface area contributed by atoms with Gasteiger partial charge in [0.15, 0.2) is 11.6 Å². The van der Waals surface area contributed by atoms with E-state index in [2.05, 4.69) is 10.3 Å². The summed E-state index contributed by atoms with van der Waals surface area (Å²) in [6.45, 7) is 3.47. The number of rotatable bonds is 6. The molecule has 0 bridgehead atoms. The topological polar surface area (TPSA) is 34.1 Å². The predicted molar refractivity (Wildman–Crippen MR) is 72.6 cm³/mol. The van der Waals surface area contributed by atoms with Gasteiger partial charge in [-0.1, -0.05) is 18.2 Å². The summed E-state index contributed by atoms with van der Waals surface area (Å²) in [5, 5.41) is 3.20. The number of nitrogens with one attached hydrogen (secondary N) is 1. The standard InChI is InChI=1S/C15H17FN2O/c1-12-5-4-7-14(15(12)16)19-10-9-17-11-13-6-2-3-8-18-13/h2-8,17H,9-11H2,1H3. The molecule has 1 aromatic carbocycles. The van der Waals surface area contributed by atoms with E-state index in [0.717, 1.165) is 5.69 Å². The number of ether oxygens (including phenoxy) is 1. The van der Waals surface area contributed by atoms with Crippen LogP contribution in [-0.2, 0) is 6.54 Å². The summed E-state index contributed by atoms with van der Waals surface area (Å²) in [5.41, 5.74) is 1.57. The Morgan fingerprint density at radius 2 is 2.11 bits per heavy atom. The van der Waals surface area contributed by atoms with Gasteiger partial charge in [0.2, 0.25) is 0 Å². The van der Waals surface area contributed by atoms with Gasteiger partial charge in [0.25, 0.3) is 0 Å².